The average Bonchev–Trinajstić information content (AvgIpc) is 2.97. The molecule has 0 heterocycles. The second-order valence-electron chi connectivity index (χ2n) is 10.4. The van der Waals surface area contributed by atoms with Gasteiger partial charge < -0.3 is 25.4 Å². The molecule has 0 aromatic heterocycles. The maximum absolute atomic E-state index is 13.0. The van der Waals surface area contributed by atoms with Crippen LogP contribution in [0.5, 0.6) is 0 Å². The van der Waals surface area contributed by atoms with Crippen molar-refractivity contribution in [3.05, 3.63) is 82.3 Å². The Bertz CT molecular complexity index is 1520. The molecule has 0 saturated heterocycles. The third-order valence-electron chi connectivity index (χ3n) is 5.88. The smallest absolute Gasteiger partial charge is 0.412 e. The first kappa shape index (κ1) is 33.9. The van der Waals surface area contributed by atoms with Gasteiger partial charge in [0.2, 0.25) is 11.8 Å². The Hall–Kier alpha value is -4.61. The van der Waals surface area contributed by atoms with Crippen molar-refractivity contribution in [1.82, 2.24) is 10.6 Å². The van der Waals surface area contributed by atoms with Crippen molar-refractivity contribution >= 4 is 64.4 Å². The van der Waals surface area contributed by atoms with E-state index in [4.69, 9.17) is 32.7 Å². The molecule has 11 nitrogen and oxygen atoms in total. The van der Waals surface area contributed by atoms with Gasteiger partial charge in [0.15, 0.2) is 5.92 Å². The van der Waals surface area contributed by atoms with Gasteiger partial charge in [-0.05, 0) is 62.2 Å². The molecule has 3 aromatic rings. The molecule has 0 fully saturated rings. The van der Waals surface area contributed by atoms with Crippen LogP contribution in [0, 0.1) is 5.92 Å². The van der Waals surface area contributed by atoms with Crippen molar-refractivity contribution in [2.75, 3.05) is 30.8 Å². The molecule has 4 N–H and O–H groups in total. The van der Waals surface area contributed by atoms with Crippen molar-refractivity contribution in [3.63, 3.8) is 0 Å². The Morgan fingerprint density at radius 1 is 0.818 bits per heavy atom. The van der Waals surface area contributed by atoms with Crippen LogP contribution in [0.1, 0.15) is 31.1 Å². The van der Waals surface area contributed by atoms with E-state index in [1.165, 1.54) is 12.1 Å². The quantitative estimate of drug-likeness (QED) is 0.173. The predicted octanol–water partition coefficient (Wildman–Crippen LogP) is 5.28. The molecule has 3 aromatic carbocycles. The number of ether oxygens (including phenoxy) is 2. The van der Waals surface area contributed by atoms with Crippen molar-refractivity contribution in [3.8, 4) is 11.1 Å². The van der Waals surface area contributed by atoms with Gasteiger partial charge in [0, 0.05) is 17.8 Å². The topological polar surface area (TPSA) is 152 Å². The Morgan fingerprint density at radius 3 is 2.09 bits per heavy atom. The summed E-state index contributed by atoms with van der Waals surface area (Å²) in [7, 11) is 1.10. The molecule has 0 aliphatic heterocycles. The number of amides is 4. The number of nitrogens with one attached hydrogen (secondary N) is 4. The molecule has 0 unspecified atom stereocenters. The number of halogens is 2. The predicted molar refractivity (Wildman–Crippen MR) is 168 cm³/mol. The maximum Gasteiger partial charge on any atom is 0.412 e. The Balaban J connectivity index is 1.58. The zero-order valence-electron chi connectivity index (χ0n) is 24.5. The van der Waals surface area contributed by atoms with Crippen LogP contribution in [0.4, 0.5) is 16.2 Å². The van der Waals surface area contributed by atoms with Gasteiger partial charge in [-0.1, -0.05) is 59.6 Å². The second kappa shape index (κ2) is 15.2. The van der Waals surface area contributed by atoms with Crippen LogP contribution in [0.3, 0.4) is 0 Å². The average molecular weight is 644 g/mol. The molecular formula is C31H32Cl2N4O7. The Morgan fingerprint density at radius 2 is 1.48 bits per heavy atom. The van der Waals surface area contributed by atoms with Crippen LogP contribution in [0.15, 0.2) is 66.7 Å². The van der Waals surface area contributed by atoms with E-state index in [2.05, 4.69) is 21.3 Å². The molecule has 13 heteroatoms. The molecule has 0 aliphatic carbocycles. The van der Waals surface area contributed by atoms with E-state index in [0.717, 1.165) is 18.2 Å². The second-order valence-corrected chi connectivity index (χ2v) is 11.3. The van der Waals surface area contributed by atoms with Crippen molar-refractivity contribution < 1.29 is 33.4 Å². The van der Waals surface area contributed by atoms with E-state index in [1.54, 1.807) is 45.0 Å². The van der Waals surface area contributed by atoms with Crippen LogP contribution < -0.4 is 21.3 Å². The summed E-state index contributed by atoms with van der Waals surface area (Å²) in [5.74, 6) is -4.44. The Labute approximate surface area is 264 Å². The summed E-state index contributed by atoms with van der Waals surface area (Å²) in [6.07, 6.45) is -0.688. The lowest BCUT2D eigenvalue weighted by Crippen LogP contribution is -2.43. The lowest BCUT2D eigenvalue weighted by atomic mass is 10.0. The largest absolute Gasteiger partial charge is 0.468 e. The number of rotatable bonds is 10. The van der Waals surface area contributed by atoms with Gasteiger partial charge in [0.05, 0.1) is 29.4 Å². The summed E-state index contributed by atoms with van der Waals surface area (Å²) >= 11 is 12.8. The van der Waals surface area contributed by atoms with Gasteiger partial charge in [0.25, 0.3) is 5.91 Å². The lowest BCUT2D eigenvalue weighted by Gasteiger charge is -2.19. The number of anilines is 2. The molecule has 1 atom stereocenters. The zero-order valence-corrected chi connectivity index (χ0v) is 26.0. The van der Waals surface area contributed by atoms with Crippen molar-refractivity contribution in [1.29, 1.82) is 0 Å². The monoisotopic (exact) mass is 642 g/mol. The summed E-state index contributed by atoms with van der Waals surface area (Å²) in [6.45, 7) is 4.27. The van der Waals surface area contributed by atoms with E-state index in [9.17, 15) is 24.0 Å². The number of benzene rings is 3. The van der Waals surface area contributed by atoms with Gasteiger partial charge >= 0.3 is 12.1 Å². The molecule has 4 amide bonds. The zero-order chi connectivity index (χ0) is 32.4. The minimum absolute atomic E-state index is 0.0916. The summed E-state index contributed by atoms with van der Waals surface area (Å²) in [6, 6.07) is 18.6. The van der Waals surface area contributed by atoms with Crippen LogP contribution >= 0.6 is 23.2 Å². The number of carbonyl (C=O) groups is 5. The summed E-state index contributed by atoms with van der Waals surface area (Å²) in [4.78, 5) is 62.5. The fourth-order valence-electron chi connectivity index (χ4n) is 3.83. The highest BCUT2D eigenvalue weighted by atomic mass is 35.5. The molecule has 232 valence electrons. The molecule has 0 aliphatic rings. The van der Waals surface area contributed by atoms with E-state index >= 15 is 0 Å². The van der Waals surface area contributed by atoms with E-state index in [0.29, 0.717) is 5.69 Å². The van der Waals surface area contributed by atoms with Gasteiger partial charge in [-0.25, -0.2) is 4.79 Å². The number of methoxy groups -OCH3 is 1. The molecule has 44 heavy (non-hydrogen) atoms. The maximum atomic E-state index is 13.0. The first-order chi connectivity index (χ1) is 20.8. The molecule has 0 radical (unpaired) electrons. The van der Waals surface area contributed by atoms with E-state index in [-0.39, 0.29) is 21.3 Å². The van der Waals surface area contributed by atoms with Crippen molar-refractivity contribution in [2.45, 2.75) is 26.4 Å². The first-order valence-electron chi connectivity index (χ1n) is 13.4. The molecule has 0 saturated carbocycles. The van der Waals surface area contributed by atoms with E-state index < -0.39 is 54.4 Å². The highest BCUT2D eigenvalue weighted by Gasteiger charge is 2.29. The lowest BCUT2D eigenvalue weighted by molar-refractivity contribution is -0.148. The van der Waals surface area contributed by atoms with Crippen LogP contribution in [0.2, 0.25) is 10.0 Å². The standard InChI is InChI=1S/C31H32Cl2N4O7/c1-31(2,3)44-30(42)36-21-12-8-11-19(13-21)27(39)35-17-25(38)34-16-22(29(41)43-4)28(40)37-26-23(32)14-20(15-24(26)33)18-9-6-5-7-10-18/h5-15,22H,16-17H2,1-4H3,(H,34,38)(H,35,39)(H,36,42)(H,37,40)/t22-/m0/s1. The summed E-state index contributed by atoms with van der Waals surface area (Å²) < 4.78 is 9.93. The van der Waals surface area contributed by atoms with Gasteiger partial charge in [-0.2, -0.15) is 0 Å². The fraction of sp³-hybridized carbons (Fsp3) is 0.258. The fourth-order valence-corrected chi connectivity index (χ4v) is 4.41. The van der Waals surface area contributed by atoms with Gasteiger partial charge in [0.1, 0.15) is 5.60 Å². The third kappa shape index (κ3) is 9.99. The third-order valence-corrected chi connectivity index (χ3v) is 6.48. The number of esters is 1. The summed E-state index contributed by atoms with van der Waals surface area (Å²) in [5, 5.41) is 10.2. The number of carbonyl (C=O) groups excluding carboxylic acids is 5. The molecular weight excluding hydrogens is 611 g/mol. The highest BCUT2D eigenvalue weighted by molar-refractivity contribution is 6.40. The van der Waals surface area contributed by atoms with Crippen molar-refractivity contribution in [2.24, 2.45) is 5.92 Å². The SMILES string of the molecule is COC(=O)[C@@H](CNC(=O)CNC(=O)c1cccc(NC(=O)OC(C)(C)C)c1)C(=O)Nc1c(Cl)cc(-c2ccccc2)cc1Cl. The minimum Gasteiger partial charge on any atom is -0.468 e. The highest BCUT2D eigenvalue weighted by Crippen LogP contribution is 2.36. The Kier molecular flexibility index (Phi) is 11.7. The van der Waals surface area contributed by atoms with Crippen LogP contribution in [-0.2, 0) is 23.9 Å². The van der Waals surface area contributed by atoms with Crippen LogP contribution in [0.25, 0.3) is 11.1 Å². The minimum atomic E-state index is -1.45. The van der Waals surface area contributed by atoms with Crippen LogP contribution in [-0.4, -0.2) is 55.6 Å². The molecule has 3 rings (SSSR count). The first-order valence-corrected chi connectivity index (χ1v) is 14.1. The number of hydrogen-bond acceptors (Lipinski definition) is 7. The van der Waals surface area contributed by atoms with Gasteiger partial charge in [-0.3, -0.25) is 24.5 Å². The normalized spacial score (nSPS) is 11.5. The number of hydrogen-bond donors (Lipinski definition) is 4. The summed E-state index contributed by atoms with van der Waals surface area (Å²) in [5.41, 5.74) is 1.47. The van der Waals surface area contributed by atoms with E-state index in [1.807, 2.05) is 30.3 Å². The molecule has 0 bridgehead atoms. The molecule has 0 spiro atoms. The van der Waals surface area contributed by atoms with Gasteiger partial charge in [-0.15, -0.1) is 0 Å².